The van der Waals surface area contributed by atoms with Crippen LogP contribution in [0.3, 0.4) is 0 Å². The van der Waals surface area contributed by atoms with E-state index in [-0.39, 0.29) is 0 Å². The Morgan fingerprint density at radius 2 is 1.26 bits per heavy atom. The van der Waals surface area contributed by atoms with Gasteiger partial charge in [0.05, 0.1) is 17.6 Å². The molecule has 2 nitrogen and oxygen atoms in total. The largest absolute Gasteiger partial charge is 0.234 e. The van der Waals surface area contributed by atoms with Gasteiger partial charge in [-0.15, -0.1) is 11.8 Å². The van der Waals surface area contributed by atoms with E-state index >= 15 is 0 Å². The van der Waals surface area contributed by atoms with E-state index in [4.69, 9.17) is 5.10 Å². The van der Waals surface area contributed by atoms with Crippen LogP contribution in [0.4, 0.5) is 11.4 Å². The molecule has 0 saturated carbocycles. The molecule has 0 atom stereocenters. The second-order valence-corrected chi connectivity index (χ2v) is 5.88. The van der Waals surface area contributed by atoms with Crippen LogP contribution in [0.5, 0.6) is 0 Å². The van der Waals surface area contributed by atoms with Gasteiger partial charge in [0.1, 0.15) is 0 Å². The first-order valence-corrected chi connectivity index (χ1v) is 8.67. The smallest absolute Gasteiger partial charge is 0.0652 e. The highest BCUT2D eigenvalue weighted by atomic mass is 32.2. The Morgan fingerprint density at radius 3 is 1.74 bits per heavy atom. The number of para-hydroxylation sites is 2. The predicted molar refractivity (Wildman–Crippen MR) is 101 cm³/mol. The predicted octanol–water partition coefficient (Wildman–Crippen LogP) is 5.58. The summed E-state index contributed by atoms with van der Waals surface area (Å²) >= 11 is 1.74. The number of hydrogen-bond donors (Lipinski definition) is 0. The van der Waals surface area contributed by atoms with Crippen LogP contribution in [0.2, 0.25) is 0 Å². The lowest BCUT2D eigenvalue weighted by atomic mass is 10.2. The number of hydrogen-bond acceptors (Lipinski definition) is 3. The average molecular weight is 318 g/mol. The molecule has 0 bridgehead atoms. The maximum absolute atomic E-state index is 4.69. The number of anilines is 2. The fourth-order valence-corrected chi connectivity index (χ4v) is 2.64. The lowest BCUT2D eigenvalue weighted by molar-refractivity contribution is 1.09. The highest BCUT2D eigenvalue weighted by Crippen LogP contribution is 2.25. The summed E-state index contributed by atoms with van der Waals surface area (Å²) < 4.78 is 0. The molecule has 0 aromatic heterocycles. The van der Waals surface area contributed by atoms with Crippen LogP contribution in [0.1, 0.15) is 5.56 Å². The first-order chi connectivity index (χ1) is 11.4. The number of hydrazone groups is 1. The topological polar surface area (TPSA) is 15.6 Å². The number of rotatable bonds is 5. The lowest BCUT2D eigenvalue weighted by Gasteiger charge is -2.19. The standard InChI is InChI=1S/C20H18N2S/c1-23-20-14-12-17(13-15-20)16-21-22(18-8-4-2-5-9-18)19-10-6-3-7-11-19/h2-16H,1H3. The normalized spacial score (nSPS) is 10.8. The number of nitrogens with zero attached hydrogens (tertiary/aromatic N) is 2. The van der Waals surface area contributed by atoms with Crippen LogP contribution in [-0.4, -0.2) is 12.5 Å². The molecule has 0 spiro atoms. The maximum atomic E-state index is 4.69. The van der Waals surface area contributed by atoms with Crippen molar-refractivity contribution in [3.8, 4) is 0 Å². The van der Waals surface area contributed by atoms with Crippen LogP contribution in [0.25, 0.3) is 0 Å². The number of thioether (sulfide) groups is 1. The van der Waals surface area contributed by atoms with Crippen molar-refractivity contribution in [1.82, 2.24) is 0 Å². The molecule has 3 heteroatoms. The number of benzene rings is 3. The van der Waals surface area contributed by atoms with Crippen molar-refractivity contribution in [1.29, 1.82) is 0 Å². The maximum Gasteiger partial charge on any atom is 0.0652 e. The van der Waals surface area contributed by atoms with Crippen molar-refractivity contribution in [2.24, 2.45) is 5.10 Å². The van der Waals surface area contributed by atoms with Crippen LogP contribution >= 0.6 is 11.8 Å². The highest BCUT2D eigenvalue weighted by molar-refractivity contribution is 7.98. The van der Waals surface area contributed by atoms with E-state index < -0.39 is 0 Å². The van der Waals surface area contributed by atoms with Crippen molar-refractivity contribution in [2.75, 3.05) is 11.3 Å². The SMILES string of the molecule is CSc1ccc(C=NN(c2ccccc2)c2ccccc2)cc1. The van der Waals surface area contributed by atoms with E-state index in [2.05, 4.69) is 54.8 Å². The van der Waals surface area contributed by atoms with Crippen LogP contribution < -0.4 is 5.01 Å². The van der Waals surface area contributed by atoms with Gasteiger partial charge < -0.3 is 0 Å². The second-order valence-electron chi connectivity index (χ2n) is 5.00. The molecule has 0 fully saturated rings. The van der Waals surface area contributed by atoms with E-state index in [1.54, 1.807) is 11.8 Å². The first-order valence-electron chi connectivity index (χ1n) is 7.45. The molecule has 0 saturated heterocycles. The second kappa shape index (κ2) is 7.65. The Morgan fingerprint density at radius 1 is 0.739 bits per heavy atom. The molecule has 114 valence electrons. The van der Waals surface area contributed by atoms with Crippen molar-refractivity contribution < 1.29 is 0 Å². The molecular formula is C20H18N2S. The fraction of sp³-hybridized carbons (Fsp3) is 0.0500. The molecular weight excluding hydrogens is 300 g/mol. The van der Waals surface area contributed by atoms with Gasteiger partial charge in [0.2, 0.25) is 0 Å². The van der Waals surface area contributed by atoms with Gasteiger partial charge in [-0.25, -0.2) is 5.01 Å². The van der Waals surface area contributed by atoms with E-state index in [1.807, 2.05) is 47.6 Å². The summed E-state index contributed by atoms with van der Waals surface area (Å²) in [6.45, 7) is 0. The van der Waals surface area contributed by atoms with E-state index in [0.29, 0.717) is 0 Å². The minimum Gasteiger partial charge on any atom is -0.234 e. The third-order valence-corrected chi connectivity index (χ3v) is 4.18. The minimum absolute atomic E-state index is 1.04. The Kier molecular flexibility index (Phi) is 5.12. The van der Waals surface area contributed by atoms with Crippen LogP contribution in [-0.2, 0) is 0 Å². The van der Waals surface area contributed by atoms with Crippen molar-refractivity contribution in [3.63, 3.8) is 0 Å². The summed E-state index contributed by atoms with van der Waals surface area (Å²) in [7, 11) is 0. The summed E-state index contributed by atoms with van der Waals surface area (Å²) in [5.41, 5.74) is 3.16. The Labute approximate surface area is 141 Å². The summed E-state index contributed by atoms with van der Waals surface area (Å²) in [5.74, 6) is 0. The quantitative estimate of drug-likeness (QED) is 0.347. The van der Waals surface area contributed by atoms with Crippen molar-refractivity contribution >= 4 is 29.4 Å². The summed E-state index contributed by atoms with van der Waals surface area (Å²) in [4.78, 5) is 1.25. The van der Waals surface area contributed by atoms with Gasteiger partial charge in [0, 0.05) is 4.90 Å². The average Bonchev–Trinajstić information content (AvgIpc) is 2.64. The first kappa shape index (κ1) is 15.4. The van der Waals surface area contributed by atoms with E-state index in [9.17, 15) is 0 Å². The van der Waals surface area contributed by atoms with E-state index in [0.717, 1.165) is 16.9 Å². The molecule has 0 amide bonds. The van der Waals surface area contributed by atoms with Gasteiger partial charge in [0.15, 0.2) is 0 Å². The fourth-order valence-electron chi connectivity index (χ4n) is 2.24. The van der Waals surface area contributed by atoms with Gasteiger partial charge in [-0.05, 0) is 48.2 Å². The minimum atomic E-state index is 1.04. The third kappa shape index (κ3) is 4.02. The molecule has 3 aromatic rings. The zero-order valence-electron chi connectivity index (χ0n) is 13.0. The molecule has 0 unspecified atom stereocenters. The molecule has 0 aliphatic heterocycles. The Hall–Kier alpha value is -2.52. The zero-order valence-corrected chi connectivity index (χ0v) is 13.8. The van der Waals surface area contributed by atoms with Gasteiger partial charge in [0.25, 0.3) is 0 Å². The monoisotopic (exact) mass is 318 g/mol. The van der Waals surface area contributed by atoms with Crippen molar-refractivity contribution in [2.45, 2.75) is 4.90 Å². The molecule has 0 heterocycles. The van der Waals surface area contributed by atoms with Crippen LogP contribution in [0.15, 0.2) is 94.9 Å². The lowest BCUT2D eigenvalue weighted by Crippen LogP contribution is -2.09. The molecule has 0 aliphatic carbocycles. The summed E-state index contributed by atoms with van der Waals surface area (Å²) in [6.07, 6.45) is 3.97. The third-order valence-electron chi connectivity index (χ3n) is 3.44. The van der Waals surface area contributed by atoms with E-state index in [1.165, 1.54) is 4.90 Å². The Bertz CT molecular complexity index is 713. The molecule has 3 aromatic carbocycles. The van der Waals surface area contributed by atoms with Gasteiger partial charge in [-0.1, -0.05) is 48.5 Å². The van der Waals surface area contributed by atoms with Gasteiger partial charge >= 0.3 is 0 Å². The zero-order chi connectivity index (χ0) is 15.9. The van der Waals surface area contributed by atoms with Crippen LogP contribution in [0, 0.1) is 0 Å². The molecule has 0 radical (unpaired) electrons. The highest BCUT2D eigenvalue weighted by Gasteiger charge is 2.06. The molecule has 3 rings (SSSR count). The summed E-state index contributed by atoms with van der Waals surface area (Å²) in [5, 5.41) is 6.64. The summed E-state index contributed by atoms with van der Waals surface area (Å²) in [6, 6.07) is 28.7. The van der Waals surface area contributed by atoms with Crippen molar-refractivity contribution in [3.05, 3.63) is 90.5 Å². The molecule has 0 aliphatic rings. The molecule has 0 N–H and O–H groups in total. The van der Waals surface area contributed by atoms with Gasteiger partial charge in [-0.2, -0.15) is 5.10 Å². The molecule has 23 heavy (non-hydrogen) atoms. The Balaban J connectivity index is 1.91. The van der Waals surface area contributed by atoms with Gasteiger partial charge in [-0.3, -0.25) is 0 Å².